The van der Waals surface area contributed by atoms with Gasteiger partial charge in [0.25, 0.3) is 0 Å². The monoisotopic (exact) mass is 234 g/mol. The number of nitrogens with one attached hydrogen (secondary N) is 1. The van der Waals surface area contributed by atoms with Gasteiger partial charge in [-0.2, -0.15) is 5.10 Å². The van der Waals surface area contributed by atoms with Gasteiger partial charge in [-0.25, -0.2) is 5.43 Å². The molecule has 2 rings (SSSR count). The lowest BCUT2D eigenvalue weighted by Crippen LogP contribution is -2.21. The average molecular weight is 234 g/mol. The highest BCUT2D eigenvalue weighted by Crippen LogP contribution is 2.21. The Kier molecular flexibility index (Phi) is 3.61. The van der Waals surface area contributed by atoms with Crippen molar-refractivity contribution < 1.29 is 9.21 Å². The van der Waals surface area contributed by atoms with Gasteiger partial charge in [0.2, 0.25) is 0 Å². The van der Waals surface area contributed by atoms with E-state index in [4.69, 9.17) is 4.42 Å². The Hall–Kier alpha value is -1.58. The molecule has 17 heavy (non-hydrogen) atoms. The maximum Gasteiger partial charge on any atom is 0.307 e. The average Bonchev–Trinajstić information content (AvgIpc) is 2.75. The zero-order chi connectivity index (χ0) is 12.3. The minimum Gasteiger partial charge on any atom is -0.456 e. The zero-order valence-electron chi connectivity index (χ0n) is 10.3. The van der Waals surface area contributed by atoms with Crippen LogP contribution in [0.1, 0.15) is 48.9 Å². The largest absolute Gasteiger partial charge is 0.456 e. The van der Waals surface area contributed by atoms with Crippen molar-refractivity contribution in [3.63, 3.8) is 0 Å². The third kappa shape index (κ3) is 3.19. The molecule has 1 fully saturated rings. The highest BCUT2D eigenvalue weighted by molar-refractivity contribution is 5.93. The Bertz CT molecular complexity index is 424. The predicted molar refractivity (Wildman–Crippen MR) is 66.0 cm³/mol. The van der Waals surface area contributed by atoms with Gasteiger partial charge in [-0.3, -0.25) is 4.79 Å². The SMILES string of the molecule is Cc1ccc(C(=O)NN=C2CCC(C)CC2)o1. The van der Waals surface area contributed by atoms with Crippen molar-refractivity contribution in [3.05, 3.63) is 23.7 Å². The molecule has 1 saturated carbocycles. The number of carbonyl (C=O) groups is 1. The molecule has 1 aromatic heterocycles. The van der Waals surface area contributed by atoms with E-state index in [1.807, 2.05) is 6.92 Å². The second-order valence-corrected chi connectivity index (χ2v) is 4.71. The van der Waals surface area contributed by atoms with E-state index in [9.17, 15) is 4.79 Å². The van der Waals surface area contributed by atoms with Crippen LogP contribution in [0.15, 0.2) is 21.7 Å². The lowest BCUT2D eigenvalue weighted by Gasteiger charge is -2.18. The third-order valence-electron chi connectivity index (χ3n) is 3.13. The standard InChI is InChI=1S/C13H18N2O2/c1-9-3-6-11(7-4-9)14-15-13(16)12-8-5-10(2)17-12/h5,8-9H,3-4,6-7H2,1-2H3,(H,15,16). The van der Waals surface area contributed by atoms with Crippen LogP contribution in [0.2, 0.25) is 0 Å². The molecular weight excluding hydrogens is 216 g/mol. The van der Waals surface area contributed by atoms with E-state index in [1.165, 1.54) is 0 Å². The van der Waals surface area contributed by atoms with Gasteiger partial charge >= 0.3 is 5.91 Å². The van der Waals surface area contributed by atoms with E-state index in [-0.39, 0.29) is 5.91 Å². The van der Waals surface area contributed by atoms with Gasteiger partial charge in [-0.1, -0.05) is 6.92 Å². The quantitative estimate of drug-likeness (QED) is 0.800. The number of nitrogens with zero attached hydrogens (tertiary/aromatic N) is 1. The Morgan fingerprint density at radius 2 is 2.12 bits per heavy atom. The first-order chi connectivity index (χ1) is 8.15. The van der Waals surface area contributed by atoms with Crippen molar-refractivity contribution in [1.29, 1.82) is 0 Å². The summed E-state index contributed by atoms with van der Waals surface area (Å²) >= 11 is 0. The minimum atomic E-state index is -0.274. The summed E-state index contributed by atoms with van der Waals surface area (Å²) in [5.74, 6) is 1.55. The summed E-state index contributed by atoms with van der Waals surface area (Å²) in [4.78, 5) is 11.7. The molecule has 4 nitrogen and oxygen atoms in total. The predicted octanol–water partition coefficient (Wildman–Crippen LogP) is 2.88. The molecule has 0 radical (unpaired) electrons. The first kappa shape index (κ1) is 11.9. The van der Waals surface area contributed by atoms with Crippen molar-refractivity contribution in [1.82, 2.24) is 5.43 Å². The number of hydrogen-bond donors (Lipinski definition) is 1. The van der Waals surface area contributed by atoms with Gasteiger partial charge in [0, 0.05) is 5.71 Å². The Balaban J connectivity index is 1.89. The second-order valence-electron chi connectivity index (χ2n) is 4.71. The molecule has 0 unspecified atom stereocenters. The number of amides is 1. The van der Waals surface area contributed by atoms with Gasteiger partial charge in [0.1, 0.15) is 5.76 Å². The third-order valence-corrected chi connectivity index (χ3v) is 3.13. The topological polar surface area (TPSA) is 54.6 Å². The molecule has 1 aliphatic rings. The first-order valence-corrected chi connectivity index (χ1v) is 6.07. The minimum absolute atomic E-state index is 0.274. The number of rotatable bonds is 2. The molecule has 0 saturated heterocycles. The van der Waals surface area contributed by atoms with Crippen LogP contribution < -0.4 is 5.43 Å². The molecule has 0 atom stereocenters. The summed E-state index contributed by atoms with van der Waals surface area (Å²) in [7, 11) is 0. The van der Waals surface area contributed by atoms with Crippen LogP contribution in [0.4, 0.5) is 0 Å². The molecule has 1 aliphatic carbocycles. The van der Waals surface area contributed by atoms with E-state index in [0.717, 1.165) is 43.1 Å². The van der Waals surface area contributed by atoms with E-state index >= 15 is 0 Å². The lowest BCUT2D eigenvalue weighted by atomic mass is 9.90. The van der Waals surface area contributed by atoms with Gasteiger partial charge in [0.05, 0.1) is 0 Å². The molecule has 1 aromatic rings. The number of furan rings is 1. The van der Waals surface area contributed by atoms with Gasteiger partial charge < -0.3 is 4.42 Å². The molecule has 92 valence electrons. The van der Waals surface area contributed by atoms with Crippen molar-refractivity contribution in [2.24, 2.45) is 11.0 Å². The molecule has 0 spiro atoms. The van der Waals surface area contributed by atoms with Crippen LogP contribution >= 0.6 is 0 Å². The molecule has 0 bridgehead atoms. The second kappa shape index (κ2) is 5.17. The normalized spacial score (nSPS) is 20.1. The molecule has 1 N–H and O–H groups in total. The van der Waals surface area contributed by atoms with E-state index in [1.54, 1.807) is 12.1 Å². The van der Waals surface area contributed by atoms with Crippen molar-refractivity contribution in [2.75, 3.05) is 0 Å². The summed E-state index contributed by atoms with van der Waals surface area (Å²) in [6, 6.07) is 3.43. The Labute approximate surface area is 101 Å². The van der Waals surface area contributed by atoms with Crippen LogP contribution in [0.5, 0.6) is 0 Å². The summed E-state index contributed by atoms with van der Waals surface area (Å²) in [6.07, 6.45) is 4.29. The fraction of sp³-hybridized carbons (Fsp3) is 0.538. The van der Waals surface area contributed by atoms with Crippen molar-refractivity contribution >= 4 is 11.6 Å². The van der Waals surface area contributed by atoms with Crippen molar-refractivity contribution in [2.45, 2.75) is 39.5 Å². The summed E-state index contributed by atoms with van der Waals surface area (Å²) < 4.78 is 5.22. The highest BCUT2D eigenvalue weighted by Gasteiger charge is 2.14. The van der Waals surface area contributed by atoms with Crippen LogP contribution in [-0.4, -0.2) is 11.6 Å². The first-order valence-electron chi connectivity index (χ1n) is 6.07. The van der Waals surface area contributed by atoms with Crippen LogP contribution in [-0.2, 0) is 0 Å². The summed E-state index contributed by atoms with van der Waals surface area (Å²) in [5.41, 5.74) is 3.64. The van der Waals surface area contributed by atoms with Crippen LogP contribution in [0, 0.1) is 12.8 Å². The molecular formula is C13H18N2O2. The van der Waals surface area contributed by atoms with Crippen molar-refractivity contribution in [3.8, 4) is 0 Å². The summed E-state index contributed by atoms with van der Waals surface area (Å²) in [5, 5.41) is 4.16. The van der Waals surface area contributed by atoms with Gasteiger partial charge in [-0.15, -0.1) is 0 Å². The molecule has 0 aliphatic heterocycles. The van der Waals surface area contributed by atoms with Gasteiger partial charge in [0.15, 0.2) is 5.76 Å². The Morgan fingerprint density at radius 1 is 1.41 bits per heavy atom. The highest BCUT2D eigenvalue weighted by atomic mass is 16.3. The maximum atomic E-state index is 11.7. The molecule has 1 amide bonds. The van der Waals surface area contributed by atoms with E-state index in [2.05, 4.69) is 17.5 Å². The number of aryl methyl sites for hydroxylation is 1. The van der Waals surface area contributed by atoms with E-state index < -0.39 is 0 Å². The molecule has 0 aromatic carbocycles. The fourth-order valence-corrected chi connectivity index (χ4v) is 1.95. The van der Waals surface area contributed by atoms with Gasteiger partial charge in [-0.05, 0) is 50.7 Å². The molecule has 1 heterocycles. The van der Waals surface area contributed by atoms with Crippen LogP contribution in [0.25, 0.3) is 0 Å². The molecule has 4 heteroatoms. The maximum absolute atomic E-state index is 11.7. The lowest BCUT2D eigenvalue weighted by molar-refractivity contribution is 0.0925. The van der Waals surface area contributed by atoms with E-state index in [0.29, 0.717) is 5.76 Å². The summed E-state index contributed by atoms with van der Waals surface area (Å²) in [6.45, 7) is 4.06. The number of hydrogen-bond acceptors (Lipinski definition) is 3. The number of hydrazone groups is 1. The van der Waals surface area contributed by atoms with Crippen LogP contribution in [0.3, 0.4) is 0 Å². The smallest absolute Gasteiger partial charge is 0.307 e. The number of carbonyl (C=O) groups excluding carboxylic acids is 1. The zero-order valence-corrected chi connectivity index (χ0v) is 10.3. The fourth-order valence-electron chi connectivity index (χ4n) is 1.95. The Morgan fingerprint density at radius 3 is 2.71 bits per heavy atom.